The Morgan fingerprint density at radius 2 is 2.18 bits per heavy atom. The summed E-state index contributed by atoms with van der Waals surface area (Å²) in [6, 6.07) is 5.32. The second-order valence-corrected chi connectivity index (χ2v) is 2.69. The third-order valence-electron chi connectivity index (χ3n) is 1.90. The molecule has 1 aromatic rings. The quantitative estimate of drug-likeness (QED) is 0.648. The molecule has 1 aromatic heterocycles. The molecular weight excluding hydrogens is 140 g/mol. The van der Waals surface area contributed by atoms with Gasteiger partial charge >= 0.3 is 0 Å². The van der Waals surface area contributed by atoms with Gasteiger partial charge in [0, 0.05) is 19.2 Å². The van der Waals surface area contributed by atoms with Crippen LogP contribution < -0.4 is 4.90 Å². The normalized spacial score (nSPS) is 16.2. The summed E-state index contributed by atoms with van der Waals surface area (Å²) in [5.74, 6) is 0.991. The monoisotopic (exact) mass is 150 g/mol. The van der Waals surface area contributed by atoms with Crippen LogP contribution in [0.1, 0.15) is 6.42 Å². The van der Waals surface area contributed by atoms with Crippen LogP contribution in [-0.2, 0) is 0 Å². The molecule has 0 saturated carbocycles. The van der Waals surface area contributed by atoms with Gasteiger partial charge in [0.1, 0.15) is 5.82 Å². The number of hydrogen-bond acceptors (Lipinski definition) is 3. The summed E-state index contributed by atoms with van der Waals surface area (Å²) in [5, 5.41) is 9.04. The molecule has 1 aliphatic heterocycles. The first kappa shape index (κ1) is 6.46. The van der Waals surface area contributed by atoms with Gasteiger partial charge < -0.3 is 10.0 Å². The molecule has 0 atom stereocenters. The summed E-state index contributed by atoms with van der Waals surface area (Å²) < 4.78 is 0. The van der Waals surface area contributed by atoms with E-state index in [0.717, 1.165) is 18.9 Å². The van der Waals surface area contributed by atoms with Crippen molar-refractivity contribution in [3.8, 4) is 5.88 Å². The fourth-order valence-electron chi connectivity index (χ4n) is 1.13. The zero-order valence-electron chi connectivity index (χ0n) is 6.20. The highest BCUT2D eigenvalue weighted by Gasteiger charge is 2.15. The Hall–Kier alpha value is -1.25. The van der Waals surface area contributed by atoms with Gasteiger partial charge in [0.25, 0.3) is 0 Å². The van der Waals surface area contributed by atoms with Crippen LogP contribution in [0.15, 0.2) is 18.2 Å². The second kappa shape index (κ2) is 2.42. The van der Waals surface area contributed by atoms with Crippen molar-refractivity contribution in [2.24, 2.45) is 0 Å². The minimum Gasteiger partial charge on any atom is -0.493 e. The molecule has 0 aromatic carbocycles. The first-order valence-corrected chi connectivity index (χ1v) is 3.77. The number of nitrogens with zero attached hydrogens (tertiary/aromatic N) is 2. The van der Waals surface area contributed by atoms with Crippen molar-refractivity contribution in [1.29, 1.82) is 0 Å². The lowest BCUT2D eigenvalue weighted by atomic mass is 10.2. The summed E-state index contributed by atoms with van der Waals surface area (Å²) in [5.41, 5.74) is 0. The Bertz CT molecular complexity index is 258. The van der Waals surface area contributed by atoms with E-state index in [4.69, 9.17) is 5.11 Å². The Morgan fingerprint density at radius 1 is 1.36 bits per heavy atom. The van der Waals surface area contributed by atoms with E-state index in [1.54, 1.807) is 6.07 Å². The van der Waals surface area contributed by atoms with Gasteiger partial charge in [0.15, 0.2) is 0 Å². The Kier molecular flexibility index (Phi) is 1.42. The summed E-state index contributed by atoms with van der Waals surface area (Å²) in [7, 11) is 0. The summed E-state index contributed by atoms with van der Waals surface area (Å²) in [4.78, 5) is 6.12. The minimum atomic E-state index is 0.106. The third-order valence-corrected chi connectivity index (χ3v) is 1.90. The number of pyridine rings is 1. The zero-order chi connectivity index (χ0) is 7.68. The van der Waals surface area contributed by atoms with Crippen LogP contribution >= 0.6 is 0 Å². The lowest BCUT2D eigenvalue weighted by Crippen LogP contribution is -2.37. The van der Waals surface area contributed by atoms with Crippen molar-refractivity contribution >= 4 is 5.82 Å². The van der Waals surface area contributed by atoms with Gasteiger partial charge in [-0.15, -0.1) is 0 Å². The van der Waals surface area contributed by atoms with E-state index < -0.39 is 0 Å². The van der Waals surface area contributed by atoms with Gasteiger partial charge in [-0.25, -0.2) is 0 Å². The molecule has 2 heterocycles. The van der Waals surface area contributed by atoms with Crippen LogP contribution in [0.4, 0.5) is 5.82 Å². The highest BCUT2D eigenvalue weighted by atomic mass is 16.3. The Balaban J connectivity index is 2.23. The van der Waals surface area contributed by atoms with E-state index in [2.05, 4.69) is 9.88 Å². The molecule has 1 saturated heterocycles. The molecule has 58 valence electrons. The standard InChI is InChI=1S/C8H10N2O/c11-8-4-1-3-7(9-8)10-5-2-6-10/h1,3-4H,2,5-6H2,(H,9,11). The second-order valence-electron chi connectivity index (χ2n) is 2.69. The molecule has 0 radical (unpaired) electrons. The van der Waals surface area contributed by atoms with Crippen LogP contribution in [0, 0.1) is 0 Å². The molecule has 1 N–H and O–H groups in total. The van der Waals surface area contributed by atoms with E-state index in [1.165, 1.54) is 6.42 Å². The van der Waals surface area contributed by atoms with Crippen molar-refractivity contribution < 1.29 is 5.11 Å². The Morgan fingerprint density at radius 3 is 2.73 bits per heavy atom. The van der Waals surface area contributed by atoms with Gasteiger partial charge in [-0.3, -0.25) is 0 Å². The van der Waals surface area contributed by atoms with E-state index in [9.17, 15) is 0 Å². The smallest absolute Gasteiger partial charge is 0.212 e. The number of anilines is 1. The molecule has 2 rings (SSSR count). The average molecular weight is 150 g/mol. The highest BCUT2D eigenvalue weighted by molar-refractivity contribution is 5.42. The molecule has 11 heavy (non-hydrogen) atoms. The van der Waals surface area contributed by atoms with Crippen molar-refractivity contribution in [3.05, 3.63) is 18.2 Å². The molecule has 0 aliphatic carbocycles. The van der Waals surface area contributed by atoms with Gasteiger partial charge in [-0.1, -0.05) is 6.07 Å². The zero-order valence-corrected chi connectivity index (χ0v) is 6.20. The number of aromatic hydroxyl groups is 1. The van der Waals surface area contributed by atoms with Gasteiger partial charge in [-0.05, 0) is 12.5 Å². The van der Waals surface area contributed by atoms with Crippen molar-refractivity contribution in [3.63, 3.8) is 0 Å². The van der Waals surface area contributed by atoms with Crippen LogP contribution in [0.5, 0.6) is 5.88 Å². The molecule has 0 spiro atoms. The van der Waals surface area contributed by atoms with E-state index in [0.29, 0.717) is 0 Å². The number of rotatable bonds is 1. The highest BCUT2D eigenvalue weighted by Crippen LogP contribution is 2.19. The molecule has 0 amide bonds. The van der Waals surface area contributed by atoms with Gasteiger partial charge in [-0.2, -0.15) is 4.98 Å². The summed E-state index contributed by atoms with van der Waals surface area (Å²) >= 11 is 0. The number of aromatic nitrogens is 1. The van der Waals surface area contributed by atoms with E-state index in [1.807, 2.05) is 12.1 Å². The van der Waals surface area contributed by atoms with Gasteiger partial charge in [0.05, 0.1) is 0 Å². The summed E-state index contributed by atoms with van der Waals surface area (Å²) in [6.45, 7) is 2.13. The van der Waals surface area contributed by atoms with Crippen molar-refractivity contribution in [1.82, 2.24) is 4.98 Å². The van der Waals surface area contributed by atoms with E-state index >= 15 is 0 Å². The lowest BCUT2D eigenvalue weighted by molar-refractivity contribution is 0.451. The Labute approximate surface area is 65.3 Å². The topological polar surface area (TPSA) is 36.4 Å². The maximum atomic E-state index is 9.04. The molecule has 3 heteroatoms. The van der Waals surface area contributed by atoms with Crippen molar-refractivity contribution in [2.75, 3.05) is 18.0 Å². The van der Waals surface area contributed by atoms with Gasteiger partial charge in [0.2, 0.25) is 5.88 Å². The maximum Gasteiger partial charge on any atom is 0.212 e. The fourth-order valence-corrected chi connectivity index (χ4v) is 1.13. The molecule has 1 fully saturated rings. The predicted octanol–water partition coefficient (Wildman–Crippen LogP) is 0.997. The van der Waals surface area contributed by atoms with Crippen molar-refractivity contribution in [2.45, 2.75) is 6.42 Å². The third kappa shape index (κ3) is 1.13. The molecular formula is C8H10N2O. The molecule has 1 aliphatic rings. The molecule has 0 bridgehead atoms. The van der Waals surface area contributed by atoms with E-state index in [-0.39, 0.29) is 5.88 Å². The van der Waals surface area contributed by atoms with Crippen LogP contribution in [-0.4, -0.2) is 23.2 Å². The average Bonchev–Trinajstić information content (AvgIpc) is 1.83. The predicted molar refractivity (Wildman–Crippen MR) is 42.7 cm³/mol. The van der Waals surface area contributed by atoms with Crippen LogP contribution in [0.2, 0.25) is 0 Å². The lowest BCUT2D eigenvalue weighted by Gasteiger charge is -2.31. The van der Waals surface area contributed by atoms with Crippen LogP contribution in [0.25, 0.3) is 0 Å². The number of hydrogen-bond donors (Lipinski definition) is 1. The maximum absolute atomic E-state index is 9.04. The first-order chi connectivity index (χ1) is 5.36. The SMILES string of the molecule is Oc1cccc(N2CCC2)n1. The largest absolute Gasteiger partial charge is 0.493 e. The fraction of sp³-hybridized carbons (Fsp3) is 0.375. The van der Waals surface area contributed by atoms with Crippen LogP contribution in [0.3, 0.4) is 0 Å². The minimum absolute atomic E-state index is 0.106. The first-order valence-electron chi connectivity index (χ1n) is 3.77. The molecule has 0 unspecified atom stereocenters. The molecule has 3 nitrogen and oxygen atoms in total. The summed E-state index contributed by atoms with van der Waals surface area (Å²) in [6.07, 6.45) is 1.23.